The molecule has 0 aliphatic carbocycles. The number of hydrogen-bond donors (Lipinski definition) is 2. The van der Waals surface area contributed by atoms with Crippen LogP contribution in [0.2, 0.25) is 0 Å². The van der Waals surface area contributed by atoms with Gasteiger partial charge in [0.1, 0.15) is 5.75 Å². The Morgan fingerprint density at radius 1 is 1.29 bits per heavy atom. The molecule has 0 spiro atoms. The summed E-state index contributed by atoms with van der Waals surface area (Å²) in [5.41, 5.74) is 1.70. The maximum absolute atomic E-state index is 10.8. The van der Waals surface area contributed by atoms with Gasteiger partial charge in [-0.25, -0.2) is 4.57 Å². The Morgan fingerprint density at radius 2 is 1.82 bits per heavy atom. The minimum absolute atomic E-state index is 0. The molecule has 0 aromatic heterocycles. The van der Waals surface area contributed by atoms with Crippen molar-refractivity contribution >= 4 is 83.3 Å². The topological polar surface area (TPSA) is 66.8 Å². The van der Waals surface area contributed by atoms with E-state index < -0.39 is 7.82 Å². The predicted octanol–water partition coefficient (Wildman–Crippen LogP) is 2.28. The first-order chi connectivity index (χ1) is 6.79. The van der Waals surface area contributed by atoms with Gasteiger partial charge in [-0.3, -0.25) is 9.79 Å². The van der Waals surface area contributed by atoms with Gasteiger partial charge in [0.05, 0.1) is 0 Å². The van der Waals surface area contributed by atoms with Gasteiger partial charge in [0.2, 0.25) is 0 Å². The van der Waals surface area contributed by atoms with Crippen LogP contribution in [-0.4, -0.2) is 85.3 Å². The van der Waals surface area contributed by atoms with Crippen LogP contribution in [-0.2, 0) is 4.57 Å². The van der Waals surface area contributed by atoms with E-state index in [4.69, 9.17) is 9.79 Å². The SMILES string of the molecule is Cc1ccc(C(C)C)c(OP(=O)(O)O)c1.[Ca+2].[Ca+2].[H-].[H-].[H-].[H-]. The normalized spacial score (nSPS) is 10.5. The summed E-state index contributed by atoms with van der Waals surface area (Å²) in [6, 6.07) is 5.35. The molecule has 0 fully saturated rings. The number of phosphoric ester groups is 1. The largest absolute Gasteiger partial charge is 2.00 e. The fourth-order valence-corrected chi connectivity index (χ4v) is 1.74. The summed E-state index contributed by atoms with van der Waals surface area (Å²) in [7, 11) is -4.47. The monoisotopic (exact) mass is 314 g/mol. The quantitative estimate of drug-likeness (QED) is 0.663. The number of benzene rings is 1. The van der Waals surface area contributed by atoms with E-state index in [0.717, 1.165) is 11.1 Å². The molecule has 17 heavy (non-hydrogen) atoms. The number of hydrogen-bond acceptors (Lipinski definition) is 2. The van der Waals surface area contributed by atoms with E-state index >= 15 is 0 Å². The van der Waals surface area contributed by atoms with E-state index in [9.17, 15) is 4.57 Å². The number of aryl methyl sites for hydroxylation is 1. The molecule has 1 aromatic carbocycles. The van der Waals surface area contributed by atoms with Crippen molar-refractivity contribution in [3.8, 4) is 5.75 Å². The molecule has 0 aliphatic rings. The second-order valence-electron chi connectivity index (χ2n) is 3.78. The van der Waals surface area contributed by atoms with Gasteiger partial charge < -0.3 is 10.2 Å². The first-order valence-corrected chi connectivity index (χ1v) is 6.18. The minimum atomic E-state index is -4.47. The maximum atomic E-state index is 10.8. The predicted molar refractivity (Wildman–Crippen MR) is 73.9 cm³/mol. The van der Waals surface area contributed by atoms with Crippen LogP contribution in [0.15, 0.2) is 18.2 Å². The Bertz CT molecular complexity index is 418. The second kappa shape index (κ2) is 8.78. The van der Waals surface area contributed by atoms with E-state index in [1.165, 1.54) is 0 Å². The Labute approximate surface area is 167 Å². The van der Waals surface area contributed by atoms with Crippen LogP contribution < -0.4 is 4.52 Å². The molecule has 0 unspecified atom stereocenters. The van der Waals surface area contributed by atoms with Crippen LogP contribution in [0.5, 0.6) is 5.75 Å². The Morgan fingerprint density at radius 3 is 2.24 bits per heavy atom. The third-order valence-electron chi connectivity index (χ3n) is 2.01. The first-order valence-electron chi connectivity index (χ1n) is 4.65. The van der Waals surface area contributed by atoms with E-state index in [-0.39, 0.29) is 92.9 Å². The van der Waals surface area contributed by atoms with Crippen LogP contribution >= 0.6 is 7.82 Å². The van der Waals surface area contributed by atoms with Crippen LogP contribution in [0.4, 0.5) is 0 Å². The van der Waals surface area contributed by atoms with Crippen molar-refractivity contribution in [1.29, 1.82) is 0 Å². The van der Waals surface area contributed by atoms with Crippen molar-refractivity contribution in [2.75, 3.05) is 0 Å². The minimum Gasteiger partial charge on any atom is -1.00 e. The molecule has 1 rings (SSSR count). The van der Waals surface area contributed by atoms with Crippen molar-refractivity contribution in [3.63, 3.8) is 0 Å². The van der Waals surface area contributed by atoms with Gasteiger partial charge >= 0.3 is 83.3 Å². The summed E-state index contributed by atoms with van der Waals surface area (Å²) < 4.78 is 15.4. The zero-order valence-corrected chi connectivity index (χ0v) is 15.7. The Kier molecular flexibility index (Phi) is 10.8. The summed E-state index contributed by atoms with van der Waals surface area (Å²) in [5.74, 6) is 0.422. The van der Waals surface area contributed by atoms with Gasteiger partial charge in [0.25, 0.3) is 0 Å². The summed E-state index contributed by atoms with van der Waals surface area (Å²) >= 11 is 0. The van der Waals surface area contributed by atoms with E-state index in [2.05, 4.69) is 4.52 Å². The summed E-state index contributed by atoms with van der Waals surface area (Å²) in [4.78, 5) is 17.5. The Balaban J connectivity index is -0.0000000937. The third kappa shape index (κ3) is 7.76. The van der Waals surface area contributed by atoms with Gasteiger partial charge in [-0.1, -0.05) is 26.0 Å². The van der Waals surface area contributed by atoms with Crippen LogP contribution in [0.1, 0.15) is 36.6 Å². The molecule has 0 bridgehead atoms. The van der Waals surface area contributed by atoms with Gasteiger partial charge in [-0.2, -0.15) is 0 Å². The summed E-state index contributed by atoms with van der Waals surface area (Å²) in [6.07, 6.45) is 0. The molecule has 92 valence electrons. The third-order valence-corrected chi connectivity index (χ3v) is 2.44. The second-order valence-corrected chi connectivity index (χ2v) is 4.94. The van der Waals surface area contributed by atoms with E-state index in [1.54, 1.807) is 6.07 Å². The van der Waals surface area contributed by atoms with Crippen molar-refractivity contribution in [2.45, 2.75) is 26.7 Å². The molecular formula is C10H19Ca2O4P. The number of phosphoric acid groups is 1. The molecule has 4 nitrogen and oxygen atoms in total. The fraction of sp³-hybridized carbons (Fsp3) is 0.400. The Hall–Kier alpha value is 1.69. The fourth-order valence-electron chi connectivity index (χ4n) is 1.33. The average molecular weight is 314 g/mol. The van der Waals surface area contributed by atoms with Gasteiger partial charge in [0.15, 0.2) is 0 Å². The smallest absolute Gasteiger partial charge is 1.00 e. The molecule has 0 saturated heterocycles. The summed E-state index contributed by atoms with van der Waals surface area (Å²) in [5, 5.41) is 0. The van der Waals surface area contributed by atoms with Crippen LogP contribution in [0.25, 0.3) is 0 Å². The molecule has 0 heterocycles. The molecule has 1 aromatic rings. The average Bonchev–Trinajstić information content (AvgIpc) is 1.99. The van der Waals surface area contributed by atoms with Crippen molar-refractivity contribution in [1.82, 2.24) is 0 Å². The molecule has 0 amide bonds. The molecular weight excluding hydrogens is 295 g/mol. The van der Waals surface area contributed by atoms with Gasteiger partial charge in [-0.05, 0) is 30.0 Å². The molecule has 0 saturated carbocycles. The molecule has 2 N–H and O–H groups in total. The molecule has 0 radical (unpaired) electrons. The molecule has 7 heteroatoms. The number of rotatable bonds is 3. The molecule has 0 aliphatic heterocycles. The zero-order chi connectivity index (χ0) is 11.6. The van der Waals surface area contributed by atoms with E-state index in [0.29, 0.717) is 0 Å². The van der Waals surface area contributed by atoms with E-state index in [1.807, 2.05) is 32.9 Å². The zero-order valence-electron chi connectivity index (χ0n) is 14.4. The van der Waals surface area contributed by atoms with Gasteiger partial charge in [0, 0.05) is 0 Å². The standard InChI is InChI=1S/C10H15O4P.2Ca.4H/c1-7(2)9-5-4-8(3)6-10(9)14-15(11,12)13;;;;;;/h4-7H,1-3H3,(H2,11,12,13);;;;;;/q;2*+2;4*-1. The molecule has 0 atom stereocenters. The van der Waals surface area contributed by atoms with Crippen LogP contribution in [0.3, 0.4) is 0 Å². The van der Waals surface area contributed by atoms with Crippen molar-refractivity contribution < 1.29 is 24.6 Å². The van der Waals surface area contributed by atoms with Crippen LogP contribution in [0, 0.1) is 6.92 Å². The van der Waals surface area contributed by atoms with Crippen molar-refractivity contribution in [3.05, 3.63) is 29.3 Å². The summed E-state index contributed by atoms with van der Waals surface area (Å²) in [6.45, 7) is 5.73. The van der Waals surface area contributed by atoms with Crippen molar-refractivity contribution in [2.24, 2.45) is 0 Å². The maximum Gasteiger partial charge on any atom is 2.00 e. The first kappa shape index (κ1) is 21.0. The van der Waals surface area contributed by atoms with Gasteiger partial charge in [-0.15, -0.1) is 0 Å².